The van der Waals surface area contributed by atoms with Crippen molar-refractivity contribution in [3.8, 4) is 0 Å². The van der Waals surface area contributed by atoms with E-state index in [1.165, 1.54) is 25.3 Å². The Morgan fingerprint density at radius 2 is 2.36 bits per heavy atom. The van der Waals surface area contributed by atoms with Gasteiger partial charge in [-0.15, -0.1) is 0 Å². The van der Waals surface area contributed by atoms with E-state index < -0.39 is 11.8 Å². The van der Waals surface area contributed by atoms with Crippen molar-refractivity contribution in [3.63, 3.8) is 0 Å². The molecule has 0 amide bonds. The van der Waals surface area contributed by atoms with Crippen molar-refractivity contribution >= 4 is 11.7 Å². The smallest absolute Gasteiger partial charge is 0.310 e. The van der Waals surface area contributed by atoms with Crippen LogP contribution in [0.25, 0.3) is 0 Å². The molecule has 5 heteroatoms. The van der Waals surface area contributed by atoms with Crippen LogP contribution >= 0.6 is 0 Å². The Kier molecular flexibility index (Phi) is 3.41. The molecule has 0 aliphatic rings. The van der Waals surface area contributed by atoms with E-state index in [4.69, 9.17) is 5.84 Å². The van der Waals surface area contributed by atoms with Crippen molar-refractivity contribution < 1.29 is 13.9 Å². The molecule has 0 saturated carbocycles. The second kappa shape index (κ2) is 4.57. The number of carbonyl (C=O) groups is 1. The highest BCUT2D eigenvalue weighted by molar-refractivity contribution is 5.75. The van der Waals surface area contributed by atoms with Gasteiger partial charge in [0, 0.05) is 0 Å². The monoisotopic (exact) mass is 198 g/mol. The van der Waals surface area contributed by atoms with Crippen LogP contribution in [0.15, 0.2) is 18.2 Å². The largest absolute Gasteiger partial charge is 0.469 e. The van der Waals surface area contributed by atoms with Crippen LogP contribution in [-0.2, 0) is 16.0 Å². The summed E-state index contributed by atoms with van der Waals surface area (Å²) in [4.78, 5) is 10.9. The summed E-state index contributed by atoms with van der Waals surface area (Å²) in [5, 5.41) is 0. The number of anilines is 1. The SMILES string of the molecule is COC(=O)Cc1ccc(F)cc1NN. The molecule has 0 radical (unpaired) electrons. The molecule has 76 valence electrons. The molecule has 0 spiro atoms. The Balaban J connectivity index is 2.90. The first-order valence-corrected chi connectivity index (χ1v) is 3.99. The normalized spacial score (nSPS) is 9.64. The molecule has 0 heterocycles. The summed E-state index contributed by atoms with van der Waals surface area (Å²) in [7, 11) is 1.29. The standard InChI is InChI=1S/C9H11FN2O2/c1-14-9(13)4-6-2-3-7(10)5-8(6)12-11/h2-3,5,12H,4,11H2,1H3. The second-order valence-corrected chi connectivity index (χ2v) is 2.70. The topological polar surface area (TPSA) is 64.3 Å². The third-order valence-electron chi connectivity index (χ3n) is 1.79. The van der Waals surface area contributed by atoms with Gasteiger partial charge in [-0.2, -0.15) is 0 Å². The minimum absolute atomic E-state index is 0.0658. The lowest BCUT2D eigenvalue weighted by atomic mass is 10.1. The van der Waals surface area contributed by atoms with E-state index in [1.807, 2.05) is 0 Å². The number of rotatable bonds is 3. The van der Waals surface area contributed by atoms with Crippen molar-refractivity contribution in [1.29, 1.82) is 0 Å². The van der Waals surface area contributed by atoms with Crippen LogP contribution < -0.4 is 11.3 Å². The first-order valence-electron chi connectivity index (χ1n) is 3.99. The number of nitrogens with one attached hydrogen (secondary N) is 1. The van der Waals surface area contributed by atoms with E-state index in [0.29, 0.717) is 11.3 Å². The summed E-state index contributed by atoms with van der Waals surface area (Å²) in [6.07, 6.45) is 0.0658. The van der Waals surface area contributed by atoms with E-state index in [1.54, 1.807) is 0 Å². The number of halogens is 1. The number of ether oxygens (including phenoxy) is 1. The van der Waals surface area contributed by atoms with Gasteiger partial charge >= 0.3 is 5.97 Å². The number of nitrogens with two attached hydrogens (primary N) is 1. The Bertz CT molecular complexity index is 342. The molecule has 0 atom stereocenters. The van der Waals surface area contributed by atoms with Crippen LogP contribution in [0.5, 0.6) is 0 Å². The molecular formula is C9H11FN2O2. The van der Waals surface area contributed by atoms with E-state index in [-0.39, 0.29) is 6.42 Å². The van der Waals surface area contributed by atoms with Gasteiger partial charge in [0.25, 0.3) is 0 Å². The average molecular weight is 198 g/mol. The van der Waals surface area contributed by atoms with E-state index in [2.05, 4.69) is 10.2 Å². The molecule has 0 unspecified atom stereocenters. The number of benzene rings is 1. The molecule has 0 bridgehead atoms. The maximum Gasteiger partial charge on any atom is 0.310 e. The molecule has 1 rings (SSSR count). The van der Waals surface area contributed by atoms with E-state index in [0.717, 1.165) is 0 Å². The number of nitrogen functional groups attached to an aromatic ring is 1. The van der Waals surface area contributed by atoms with E-state index in [9.17, 15) is 9.18 Å². The lowest BCUT2D eigenvalue weighted by molar-refractivity contribution is -0.139. The molecular weight excluding hydrogens is 187 g/mol. The van der Waals surface area contributed by atoms with Crippen molar-refractivity contribution in [2.24, 2.45) is 5.84 Å². The van der Waals surface area contributed by atoms with Gasteiger partial charge < -0.3 is 10.2 Å². The molecule has 0 aliphatic carbocycles. The highest BCUT2D eigenvalue weighted by Gasteiger charge is 2.08. The zero-order chi connectivity index (χ0) is 10.6. The predicted octanol–water partition coefficient (Wildman–Crippen LogP) is 0.827. The minimum atomic E-state index is -0.411. The predicted molar refractivity (Wildman–Crippen MR) is 49.9 cm³/mol. The Hall–Kier alpha value is -1.62. The molecule has 14 heavy (non-hydrogen) atoms. The Morgan fingerprint density at radius 3 is 2.93 bits per heavy atom. The van der Waals surface area contributed by atoms with Crippen LogP contribution in [0, 0.1) is 5.82 Å². The lowest BCUT2D eigenvalue weighted by Gasteiger charge is -2.07. The third-order valence-corrected chi connectivity index (χ3v) is 1.79. The van der Waals surface area contributed by atoms with Gasteiger partial charge in [-0.3, -0.25) is 10.6 Å². The number of hydrogen-bond acceptors (Lipinski definition) is 4. The van der Waals surface area contributed by atoms with Crippen molar-refractivity contribution in [2.75, 3.05) is 12.5 Å². The molecule has 1 aromatic rings. The van der Waals surface area contributed by atoms with Gasteiger partial charge in [0.1, 0.15) is 5.82 Å². The fourth-order valence-corrected chi connectivity index (χ4v) is 1.06. The van der Waals surface area contributed by atoms with Gasteiger partial charge in [-0.05, 0) is 17.7 Å². The van der Waals surface area contributed by atoms with Gasteiger partial charge in [-0.1, -0.05) is 6.07 Å². The van der Waals surface area contributed by atoms with Crippen molar-refractivity contribution in [1.82, 2.24) is 0 Å². The summed E-state index contributed by atoms with van der Waals surface area (Å²) in [6, 6.07) is 3.97. The van der Waals surface area contributed by atoms with Gasteiger partial charge in [0.2, 0.25) is 0 Å². The zero-order valence-corrected chi connectivity index (χ0v) is 7.71. The van der Waals surface area contributed by atoms with Crippen LogP contribution in [0.1, 0.15) is 5.56 Å². The quantitative estimate of drug-likeness (QED) is 0.429. The number of methoxy groups -OCH3 is 1. The molecule has 3 N–H and O–H groups in total. The van der Waals surface area contributed by atoms with Crippen LogP contribution in [-0.4, -0.2) is 13.1 Å². The molecule has 0 fully saturated rings. The molecule has 4 nitrogen and oxygen atoms in total. The number of carbonyl (C=O) groups excluding carboxylic acids is 1. The summed E-state index contributed by atoms with van der Waals surface area (Å²) < 4.78 is 17.2. The molecule has 0 saturated heterocycles. The highest BCUT2D eigenvalue weighted by atomic mass is 19.1. The highest BCUT2D eigenvalue weighted by Crippen LogP contribution is 2.16. The Labute approximate surface area is 80.8 Å². The lowest BCUT2D eigenvalue weighted by Crippen LogP contribution is -2.12. The van der Waals surface area contributed by atoms with Gasteiger partial charge in [0.05, 0.1) is 19.2 Å². The van der Waals surface area contributed by atoms with Crippen LogP contribution in [0.4, 0.5) is 10.1 Å². The third kappa shape index (κ3) is 2.43. The molecule has 0 aromatic heterocycles. The van der Waals surface area contributed by atoms with Crippen LogP contribution in [0.2, 0.25) is 0 Å². The number of hydrogen-bond donors (Lipinski definition) is 2. The summed E-state index contributed by atoms with van der Waals surface area (Å²) >= 11 is 0. The fraction of sp³-hybridized carbons (Fsp3) is 0.222. The molecule has 1 aromatic carbocycles. The zero-order valence-electron chi connectivity index (χ0n) is 7.71. The van der Waals surface area contributed by atoms with Crippen molar-refractivity contribution in [2.45, 2.75) is 6.42 Å². The summed E-state index contributed by atoms with van der Waals surface area (Å²) in [5.74, 6) is 4.36. The number of hydrazine groups is 1. The first kappa shape index (κ1) is 10.5. The van der Waals surface area contributed by atoms with Crippen LogP contribution in [0.3, 0.4) is 0 Å². The Morgan fingerprint density at radius 1 is 1.64 bits per heavy atom. The average Bonchev–Trinajstić information content (AvgIpc) is 2.20. The fourth-order valence-electron chi connectivity index (χ4n) is 1.06. The van der Waals surface area contributed by atoms with E-state index >= 15 is 0 Å². The van der Waals surface area contributed by atoms with Gasteiger partial charge in [-0.25, -0.2) is 4.39 Å². The minimum Gasteiger partial charge on any atom is -0.469 e. The maximum atomic E-state index is 12.7. The second-order valence-electron chi connectivity index (χ2n) is 2.70. The van der Waals surface area contributed by atoms with Crippen molar-refractivity contribution in [3.05, 3.63) is 29.6 Å². The van der Waals surface area contributed by atoms with Gasteiger partial charge in [0.15, 0.2) is 0 Å². The summed E-state index contributed by atoms with van der Waals surface area (Å²) in [5.41, 5.74) is 3.30. The maximum absolute atomic E-state index is 12.7. The molecule has 0 aliphatic heterocycles. The first-order chi connectivity index (χ1) is 6.67. The number of esters is 1. The summed E-state index contributed by atoms with van der Waals surface area (Å²) in [6.45, 7) is 0.